The van der Waals surface area contributed by atoms with Crippen LogP contribution in [0.2, 0.25) is 0 Å². The summed E-state index contributed by atoms with van der Waals surface area (Å²) in [7, 11) is 0. The predicted molar refractivity (Wildman–Crippen MR) is 66.5 cm³/mol. The predicted octanol–water partition coefficient (Wildman–Crippen LogP) is 3.01. The summed E-state index contributed by atoms with van der Waals surface area (Å²) in [6.07, 6.45) is 1.66. The van der Waals surface area contributed by atoms with Crippen LogP contribution in [0.15, 0.2) is 53.5 Å². The number of phenols is 1. The molecule has 0 unspecified atom stereocenters. The number of para-hydroxylation sites is 1. The minimum atomic E-state index is 0.222. The second-order valence-corrected chi connectivity index (χ2v) is 3.48. The second-order valence-electron chi connectivity index (χ2n) is 3.48. The van der Waals surface area contributed by atoms with Crippen molar-refractivity contribution in [2.24, 2.45) is 4.99 Å². The van der Waals surface area contributed by atoms with Crippen molar-refractivity contribution in [3.8, 4) is 11.8 Å². The van der Waals surface area contributed by atoms with E-state index in [4.69, 9.17) is 10.4 Å². The molecule has 0 aliphatic carbocycles. The number of rotatable bonds is 2. The Morgan fingerprint density at radius 1 is 1.06 bits per heavy atom. The van der Waals surface area contributed by atoms with Crippen LogP contribution in [0.3, 0.4) is 0 Å². The van der Waals surface area contributed by atoms with E-state index in [0.717, 1.165) is 5.56 Å². The largest absolute Gasteiger partial charge is 0.508 e. The van der Waals surface area contributed by atoms with Gasteiger partial charge in [-0.05, 0) is 42.0 Å². The molecule has 82 valence electrons. The molecule has 3 heteroatoms. The zero-order chi connectivity index (χ0) is 12.1. The van der Waals surface area contributed by atoms with E-state index in [-0.39, 0.29) is 5.75 Å². The van der Waals surface area contributed by atoms with Gasteiger partial charge in [0.15, 0.2) is 0 Å². The van der Waals surface area contributed by atoms with E-state index in [1.807, 2.05) is 6.07 Å². The van der Waals surface area contributed by atoms with Gasteiger partial charge in [-0.15, -0.1) is 0 Å². The van der Waals surface area contributed by atoms with Crippen LogP contribution in [0.4, 0.5) is 5.69 Å². The third kappa shape index (κ3) is 2.70. The van der Waals surface area contributed by atoms with Gasteiger partial charge in [-0.25, -0.2) is 0 Å². The Labute approximate surface area is 99.3 Å². The van der Waals surface area contributed by atoms with Crippen LogP contribution in [0.25, 0.3) is 0 Å². The average Bonchev–Trinajstić information content (AvgIpc) is 2.38. The molecular formula is C14H10N2O. The first-order valence-corrected chi connectivity index (χ1v) is 5.12. The summed E-state index contributed by atoms with van der Waals surface area (Å²) >= 11 is 0. The van der Waals surface area contributed by atoms with Gasteiger partial charge in [0.05, 0.1) is 11.3 Å². The Morgan fingerprint density at radius 3 is 2.47 bits per heavy atom. The Morgan fingerprint density at radius 2 is 1.76 bits per heavy atom. The highest BCUT2D eigenvalue weighted by molar-refractivity contribution is 5.82. The minimum Gasteiger partial charge on any atom is -0.508 e. The number of hydrogen-bond acceptors (Lipinski definition) is 3. The summed E-state index contributed by atoms with van der Waals surface area (Å²) in [5.41, 5.74) is 2.06. The molecule has 2 rings (SSSR count). The molecule has 0 aromatic heterocycles. The van der Waals surface area contributed by atoms with E-state index in [1.54, 1.807) is 48.7 Å². The van der Waals surface area contributed by atoms with Crippen LogP contribution in [-0.4, -0.2) is 11.3 Å². The number of nitriles is 1. The van der Waals surface area contributed by atoms with E-state index < -0.39 is 0 Å². The molecule has 0 fully saturated rings. The molecule has 0 radical (unpaired) electrons. The highest BCUT2D eigenvalue weighted by Gasteiger charge is 1.96. The fourth-order valence-electron chi connectivity index (χ4n) is 1.39. The average molecular weight is 222 g/mol. The van der Waals surface area contributed by atoms with E-state index in [0.29, 0.717) is 11.3 Å². The molecular weight excluding hydrogens is 212 g/mol. The lowest BCUT2D eigenvalue weighted by atomic mass is 10.2. The van der Waals surface area contributed by atoms with Crippen LogP contribution in [-0.2, 0) is 0 Å². The molecule has 3 nitrogen and oxygen atoms in total. The fourth-order valence-corrected chi connectivity index (χ4v) is 1.39. The Hall–Kier alpha value is -2.60. The zero-order valence-corrected chi connectivity index (χ0v) is 9.04. The van der Waals surface area contributed by atoms with Gasteiger partial charge in [0, 0.05) is 6.21 Å². The summed E-state index contributed by atoms with van der Waals surface area (Å²) in [4.78, 5) is 4.25. The third-order valence-corrected chi connectivity index (χ3v) is 2.27. The first-order valence-electron chi connectivity index (χ1n) is 5.12. The molecule has 0 saturated carbocycles. The molecule has 2 aromatic rings. The smallest absolute Gasteiger partial charge is 0.115 e. The van der Waals surface area contributed by atoms with Crippen molar-refractivity contribution in [1.82, 2.24) is 0 Å². The molecule has 0 bridgehead atoms. The molecule has 0 aliphatic rings. The summed E-state index contributed by atoms with van der Waals surface area (Å²) in [5.74, 6) is 0.222. The molecule has 0 amide bonds. The number of aliphatic imine (C=N–C) groups is 1. The molecule has 2 aromatic carbocycles. The van der Waals surface area contributed by atoms with Gasteiger partial charge in [-0.3, -0.25) is 4.99 Å². The van der Waals surface area contributed by atoms with Gasteiger partial charge in [0.25, 0.3) is 0 Å². The maximum Gasteiger partial charge on any atom is 0.115 e. The number of benzene rings is 2. The first kappa shape index (κ1) is 10.9. The molecule has 0 atom stereocenters. The Bertz CT molecular complexity index is 580. The van der Waals surface area contributed by atoms with Gasteiger partial charge >= 0.3 is 0 Å². The van der Waals surface area contributed by atoms with Gasteiger partial charge in [0.2, 0.25) is 0 Å². The Balaban J connectivity index is 2.26. The number of phenolic OH excluding ortho intramolecular Hbond substituents is 1. The van der Waals surface area contributed by atoms with Crippen molar-refractivity contribution in [2.75, 3.05) is 0 Å². The van der Waals surface area contributed by atoms with E-state index in [9.17, 15) is 0 Å². The van der Waals surface area contributed by atoms with Crippen LogP contribution < -0.4 is 0 Å². The summed E-state index contributed by atoms with van der Waals surface area (Å²) in [5, 5.41) is 18.0. The minimum absolute atomic E-state index is 0.222. The summed E-state index contributed by atoms with van der Waals surface area (Å²) in [6.45, 7) is 0. The lowest BCUT2D eigenvalue weighted by Gasteiger charge is -1.96. The zero-order valence-electron chi connectivity index (χ0n) is 9.04. The quantitative estimate of drug-likeness (QED) is 0.794. The van der Waals surface area contributed by atoms with Crippen LogP contribution in [0.5, 0.6) is 5.75 Å². The van der Waals surface area contributed by atoms with Crippen molar-refractivity contribution in [2.45, 2.75) is 0 Å². The first-order chi connectivity index (χ1) is 8.29. The standard InChI is InChI=1S/C14H10N2O/c15-9-12-3-1-2-4-14(12)16-10-11-5-7-13(17)8-6-11/h1-8,10,17H. The summed E-state index contributed by atoms with van der Waals surface area (Å²) < 4.78 is 0. The highest BCUT2D eigenvalue weighted by atomic mass is 16.3. The normalized spacial score (nSPS) is 10.3. The lowest BCUT2D eigenvalue weighted by molar-refractivity contribution is 0.475. The fraction of sp³-hybridized carbons (Fsp3) is 0. The van der Waals surface area contributed by atoms with Crippen molar-refractivity contribution in [1.29, 1.82) is 5.26 Å². The van der Waals surface area contributed by atoms with Gasteiger partial charge in [-0.2, -0.15) is 5.26 Å². The lowest BCUT2D eigenvalue weighted by Crippen LogP contribution is -1.80. The second kappa shape index (κ2) is 4.95. The van der Waals surface area contributed by atoms with E-state index >= 15 is 0 Å². The monoisotopic (exact) mass is 222 g/mol. The maximum atomic E-state index is 9.14. The maximum absolute atomic E-state index is 9.14. The van der Waals surface area contributed by atoms with E-state index in [1.165, 1.54) is 0 Å². The van der Waals surface area contributed by atoms with Crippen LogP contribution in [0.1, 0.15) is 11.1 Å². The highest BCUT2D eigenvalue weighted by Crippen LogP contribution is 2.17. The molecule has 0 spiro atoms. The molecule has 0 heterocycles. The number of hydrogen-bond donors (Lipinski definition) is 1. The van der Waals surface area contributed by atoms with Crippen molar-refractivity contribution >= 4 is 11.9 Å². The topological polar surface area (TPSA) is 56.4 Å². The third-order valence-electron chi connectivity index (χ3n) is 2.27. The van der Waals surface area contributed by atoms with Gasteiger partial charge in [-0.1, -0.05) is 12.1 Å². The van der Waals surface area contributed by atoms with Gasteiger partial charge in [0.1, 0.15) is 11.8 Å². The Kier molecular flexibility index (Phi) is 3.18. The van der Waals surface area contributed by atoms with Crippen LogP contribution in [0, 0.1) is 11.3 Å². The van der Waals surface area contributed by atoms with Crippen molar-refractivity contribution < 1.29 is 5.11 Å². The SMILES string of the molecule is N#Cc1ccccc1N=Cc1ccc(O)cc1. The van der Waals surface area contributed by atoms with Crippen molar-refractivity contribution in [3.63, 3.8) is 0 Å². The van der Waals surface area contributed by atoms with Crippen LogP contribution >= 0.6 is 0 Å². The number of nitrogens with zero attached hydrogens (tertiary/aromatic N) is 2. The van der Waals surface area contributed by atoms with Crippen molar-refractivity contribution in [3.05, 3.63) is 59.7 Å². The molecule has 17 heavy (non-hydrogen) atoms. The molecule has 0 aliphatic heterocycles. The van der Waals surface area contributed by atoms with E-state index in [2.05, 4.69) is 11.1 Å². The molecule has 1 N–H and O–H groups in total. The summed E-state index contributed by atoms with van der Waals surface area (Å²) in [6, 6.07) is 15.9. The molecule has 0 saturated heterocycles. The number of aromatic hydroxyl groups is 1. The van der Waals surface area contributed by atoms with Gasteiger partial charge < -0.3 is 5.11 Å².